The number of aryl methyl sites for hydroxylation is 2. The van der Waals surface area contributed by atoms with Gasteiger partial charge in [-0.3, -0.25) is 0 Å². The molecule has 0 N–H and O–H groups in total. The molecular formula is C39H42SiZr. The molecule has 0 aromatic heterocycles. The van der Waals surface area contributed by atoms with Crippen molar-refractivity contribution in [1.29, 1.82) is 0 Å². The van der Waals surface area contributed by atoms with Crippen molar-refractivity contribution < 1.29 is 26.2 Å². The zero-order chi connectivity index (χ0) is 28.5. The normalized spacial score (nSPS) is 10.5. The molecule has 0 aliphatic carbocycles. The molecule has 0 heterocycles. The molecule has 41 heavy (non-hydrogen) atoms. The largest absolute Gasteiger partial charge is 2.00 e. The third-order valence-corrected chi connectivity index (χ3v) is 7.25. The number of benzene rings is 4. The van der Waals surface area contributed by atoms with E-state index in [9.17, 15) is 0 Å². The Hall–Kier alpha value is -2.80. The number of hydrogen-bond donors (Lipinski definition) is 0. The van der Waals surface area contributed by atoms with Crippen LogP contribution >= 0.6 is 0 Å². The van der Waals surface area contributed by atoms with E-state index < -0.39 is 0 Å². The summed E-state index contributed by atoms with van der Waals surface area (Å²) in [4.78, 5) is 0. The van der Waals surface area contributed by atoms with Gasteiger partial charge in [0.05, 0.1) is 0 Å². The SMILES string of the molecule is CC(C)c1cc2c(-c3ccccc3)cccc2[cH-]1.CCCc1ccc(-c2ccccc2)c2cc(C)[cH-]c12.C[Si]C.[Zr+2]. The molecule has 0 saturated carbocycles. The molecule has 6 aromatic carbocycles. The van der Waals surface area contributed by atoms with Gasteiger partial charge in [0.2, 0.25) is 0 Å². The summed E-state index contributed by atoms with van der Waals surface area (Å²) >= 11 is 0. The first-order chi connectivity index (χ1) is 19.5. The van der Waals surface area contributed by atoms with Crippen molar-refractivity contribution in [1.82, 2.24) is 0 Å². The quantitative estimate of drug-likeness (QED) is 0.131. The molecule has 0 amide bonds. The van der Waals surface area contributed by atoms with E-state index in [1.54, 1.807) is 0 Å². The first-order valence-electron chi connectivity index (χ1n) is 14.5. The molecule has 0 aliphatic rings. The minimum atomic E-state index is 0. The van der Waals surface area contributed by atoms with Crippen LogP contribution in [0.4, 0.5) is 0 Å². The number of fused-ring (bicyclic) bond motifs is 2. The van der Waals surface area contributed by atoms with Crippen LogP contribution in [-0.4, -0.2) is 9.52 Å². The van der Waals surface area contributed by atoms with Crippen molar-refractivity contribution in [3.63, 3.8) is 0 Å². The van der Waals surface area contributed by atoms with Crippen molar-refractivity contribution in [2.75, 3.05) is 0 Å². The van der Waals surface area contributed by atoms with Crippen molar-refractivity contribution in [3.05, 3.63) is 132 Å². The van der Waals surface area contributed by atoms with Gasteiger partial charge in [-0.2, -0.15) is 12.1 Å². The topological polar surface area (TPSA) is 0 Å². The summed E-state index contributed by atoms with van der Waals surface area (Å²) in [6.45, 7) is 13.2. The molecule has 206 valence electrons. The average molecular weight is 630 g/mol. The predicted molar refractivity (Wildman–Crippen MR) is 180 cm³/mol. The Balaban J connectivity index is 0.000000202. The Morgan fingerprint density at radius 3 is 1.83 bits per heavy atom. The molecule has 0 atom stereocenters. The fourth-order valence-electron chi connectivity index (χ4n) is 5.32. The van der Waals surface area contributed by atoms with E-state index in [2.05, 4.69) is 156 Å². The van der Waals surface area contributed by atoms with Gasteiger partial charge in [0, 0.05) is 9.52 Å². The second-order valence-electron chi connectivity index (χ2n) is 10.9. The summed E-state index contributed by atoms with van der Waals surface area (Å²) in [6, 6.07) is 41.7. The van der Waals surface area contributed by atoms with Crippen LogP contribution < -0.4 is 0 Å². The maximum absolute atomic E-state index is 2.34. The molecular weight excluding hydrogens is 588 g/mol. The van der Waals surface area contributed by atoms with Gasteiger partial charge in [0.15, 0.2) is 0 Å². The summed E-state index contributed by atoms with van der Waals surface area (Å²) in [5.74, 6) is 0.584. The van der Waals surface area contributed by atoms with Crippen molar-refractivity contribution >= 4 is 31.1 Å². The summed E-state index contributed by atoms with van der Waals surface area (Å²) in [5.41, 5.74) is 9.54. The number of rotatable bonds is 5. The summed E-state index contributed by atoms with van der Waals surface area (Å²) in [5, 5.41) is 5.54. The van der Waals surface area contributed by atoms with Crippen LogP contribution in [0.25, 0.3) is 43.8 Å². The monoisotopic (exact) mass is 628 g/mol. The average Bonchev–Trinajstić information content (AvgIpc) is 3.59. The van der Waals surface area contributed by atoms with Gasteiger partial charge < -0.3 is 0 Å². The minimum Gasteiger partial charge on any atom is -0.165 e. The van der Waals surface area contributed by atoms with E-state index in [0.717, 1.165) is 15.9 Å². The van der Waals surface area contributed by atoms with Crippen LogP contribution in [0.5, 0.6) is 0 Å². The van der Waals surface area contributed by atoms with Gasteiger partial charge in [0.1, 0.15) is 0 Å². The Morgan fingerprint density at radius 1 is 0.683 bits per heavy atom. The van der Waals surface area contributed by atoms with Gasteiger partial charge in [-0.15, -0.1) is 68.6 Å². The first kappa shape index (κ1) is 32.7. The third-order valence-electron chi connectivity index (χ3n) is 7.25. The third kappa shape index (κ3) is 8.15. The minimum absolute atomic E-state index is 0. The second kappa shape index (κ2) is 16.0. The van der Waals surface area contributed by atoms with E-state index in [0.29, 0.717) is 5.92 Å². The van der Waals surface area contributed by atoms with Gasteiger partial charge in [-0.25, -0.2) is 0 Å². The molecule has 0 nitrogen and oxygen atoms in total. The van der Waals surface area contributed by atoms with Crippen LogP contribution in [0.1, 0.15) is 49.8 Å². The Morgan fingerprint density at radius 2 is 1.27 bits per heavy atom. The molecule has 0 bridgehead atoms. The standard InChI is InChI=1S/C19H19.C18H17.C2H6Si.Zr/c1-3-7-15-10-11-17(16-8-5-4-6-9-16)19-13-14(2)12-18(15)19;1-13(2)16-11-15-9-6-10-17(18(15)12-16)14-7-4-3-5-8-14;1-3-2;/h4-6,8-13H,3,7H2,1-2H3;3-13H,1-2H3;1-2H3;/q2*-1;;+2. The second-order valence-corrected chi connectivity index (χ2v) is 11.9. The van der Waals surface area contributed by atoms with Gasteiger partial charge in [-0.05, 0) is 17.0 Å². The maximum atomic E-state index is 2.34. The predicted octanol–water partition coefficient (Wildman–Crippen LogP) is 11.6. The first-order valence-corrected chi connectivity index (χ1v) is 16.5. The van der Waals surface area contributed by atoms with E-state index in [-0.39, 0.29) is 26.2 Å². The zero-order valence-electron chi connectivity index (χ0n) is 25.5. The van der Waals surface area contributed by atoms with Crippen molar-refractivity contribution in [2.24, 2.45) is 0 Å². The Kier molecular flexibility index (Phi) is 12.8. The van der Waals surface area contributed by atoms with E-state index in [4.69, 9.17) is 0 Å². The molecule has 0 saturated heterocycles. The summed E-state index contributed by atoms with van der Waals surface area (Å²) in [6.07, 6.45) is 2.36. The maximum Gasteiger partial charge on any atom is 2.00 e. The van der Waals surface area contributed by atoms with Crippen LogP contribution in [0.3, 0.4) is 0 Å². The van der Waals surface area contributed by atoms with E-state index in [1.807, 2.05) is 0 Å². The van der Waals surface area contributed by atoms with Crippen LogP contribution in [-0.2, 0) is 32.6 Å². The van der Waals surface area contributed by atoms with Gasteiger partial charge in [-0.1, -0.05) is 138 Å². The van der Waals surface area contributed by atoms with Crippen LogP contribution in [0, 0.1) is 6.92 Å². The summed E-state index contributed by atoms with van der Waals surface area (Å²) in [7, 11) is 1.08. The van der Waals surface area contributed by atoms with Crippen LogP contribution in [0.15, 0.2) is 115 Å². The molecule has 6 aromatic rings. The fourth-order valence-corrected chi connectivity index (χ4v) is 5.32. The number of hydrogen-bond acceptors (Lipinski definition) is 0. The molecule has 0 aliphatic heterocycles. The molecule has 0 unspecified atom stereocenters. The molecule has 0 spiro atoms. The molecule has 6 rings (SSSR count). The Bertz CT molecular complexity index is 1620. The Labute approximate surface area is 269 Å². The fraction of sp³-hybridized carbons (Fsp3) is 0.231. The van der Waals surface area contributed by atoms with Gasteiger partial charge in [0.25, 0.3) is 0 Å². The van der Waals surface area contributed by atoms with Crippen molar-refractivity contribution in [3.8, 4) is 22.3 Å². The molecule has 2 heteroatoms. The molecule has 0 fully saturated rings. The zero-order valence-corrected chi connectivity index (χ0v) is 28.9. The smallest absolute Gasteiger partial charge is 0.165 e. The van der Waals surface area contributed by atoms with Crippen LogP contribution in [0.2, 0.25) is 13.1 Å². The van der Waals surface area contributed by atoms with Gasteiger partial charge >= 0.3 is 26.2 Å². The van der Waals surface area contributed by atoms with E-state index >= 15 is 0 Å². The molecule has 2 radical (unpaired) electrons. The summed E-state index contributed by atoms with van der Waals surface area (Å²) < 4.78 is 0. The van der Waals surface area contributed by atoms with E-state index in [1.165, 1.54) is 66.9 Å². The van der Waals surface area contributed by atoms with Crippen molar-refractivity contribution in [2.45, 2.75) is 59.5 Å².